The molecule has 1 aliphatic rings. The van der Waals surface area contributed by atoms with Crippen molar-refractivity contribution in [3.8, 4) is 11.5 Å². The van der Waals surface area contributed by atoms with E-state index in [0.29, 0.717) is 34.7 Å². The molecule has 1 aliphatic carbocycles. The van der Waals surface area contributed by atoms with E-state index in [4.69, 9.17) is 9.47 Å². The average Bonchev–Trinajstić information content (AvgIpc) is 3.27. The predicted molar refractivity (Wildman–Crippen MR) is 113 cm³/mol. The zero-order valence-corrected chi connectivity index (χ0v) is 18.0. The molecule has 1 heterocycles. The number of nitrogens with one attached hydrogen (secondary N) is 2. The lowest BCUT2D eigenvalue weighted by Crippen LogP contribution is -2.30. The lowest BCUT2D eigenvalue weighted by atomic mass is 10.1. The van der Waals surface area contributed by atoms with Crippen molar-refractivity contribution in [1.82, 2.24) is 10.3 Å². The third-order valence-corrected chi connectivity index (χ3v) is 5.94. The minimum atomic E-state index is -0.299. The number of carbonyl (C=O) groups excluding carboxylic acids is 2. The van der Waals surface area contributed by atoms with E-state index in [1.807, 2.05) is 0 Å². The summed E-state index contributed by atoms with van der Waals surface area (Å²) in [6, 6.07) is 4.99. The van der Waals surface area contributed by atoms with Crippen LogP contribution in [0.2, 0.25) is 0 Å². The van der Waals surface area contributed by atoms with Gasteiger partial charge in [-0.25, -0.2) is 4.98 Å². The van der Waals surface area contributed by atoms with Crippen LogP contribution in [0.5, 0.6) is 11.5 Å². The number of ether oxygens (including phenoxy) is 2. The second-order valence-corrected chi connectivity index (χ2v) is 8.53. The molecule has 0 saturated carbocycles. The number of rotatable bonds is 8. The van der Waals surface area contributed by atoms with Crippen molar-refractivity contribution in [3.63, 3.8) is 0 Å². The summed E-state index contributed by atoms with van der Waals surface area (Å²) in [5, 5.41) is 6.34. The Bertz CT molecular complexity index is 872. The maximum Gasteiger partial charge on any atom is 0.257 e. The molecule has 0 aliphatic heterocycles. The normalized spacial score (nSPS) is 15.1. The van der Waals surface area contributed by atoms with E-state index in [-0.39, 0.29) is 17.7 Å². The van der Waals surface area contributed by atoms with Gasteiger partial charge in [0.15, 0.2) is 5.13 Å². The lowest BCUT2D eigenvalue weighted by Gasteiger charge is -2.11. The van der Waals surface area contributed by atoms with Crippen LogP contribution in [-0.2, 0) is 11.2 Å². The second-order valence-electron chi connectivity index (χ2n) is 7.45. The summed E-state index contributed by atoms with van der Waals surface area (Å²) < 4.78 is 10.4. The number of carbonyl (C=O) groups is 2. The molecule has 3 rings (SSSR count). The Labute approximate surface area is 174 Å². The van der Waals surface area contributed by atoms with Gasteiger partial charge in [0.2, 0.25) is 5.91 Å². The first-order valence-corrected chi connectivity index (χ1v) is 10.5. The van der Waals surface area contributed by atoms with Gasteiger partial charge in [-0.15, -0.1) is 11.3 Å². The predicted octanol–water partition coefficient (Wildman–Crippen LogP) is 3.60. The zero-order valence-electron chi connectivity index (χ0n) is 17.2. The summed E-state index contributed by atoms with van der Waals surface area (Å²) in [5.74, 6) is 1.10. The quantitative estimate of drug-likeness (QED) is 0.685. The molecule has 0 bridgehead atoms. The van der Waals surface area contributed by atoms with Crippen molar-refractivity contribution in [3.05, 3.63) is 34.3 Å². The van der Waals surface area contributed by atoms with Crippen LogP contribution in [0.4, 0.5) is 5.13 Å². The number of fused-ring (bicyclic) bond motifs is 1. The number of benzene rings is 1. The van der Waals surface area contributed by atoms with E-state index >= 15 is 0 Å². The Morgan fingerprint density at radius 1 is 1.21 bits per heavy atom. The molecule has 156 valence electrons. The number of aryl methyl sites for hydroxylation is 1. The first-order chi connectivity index (χ1) is 13.9. The summed E-state index contributed by atoms with van der Waals surface area (Å²) >= 11 is 1.43. The molecule has 1 aromatic carbocycles. The fraction of sp³-hybridized carbons (Fsp3) is 0.476. The standard InChI is InChI=1S/C21H27N3O4S/c1-12(2)7-8-22-20(26)16-5-6-17-18(16)23-21(29-17)24-19(25)13-9-14(27-3)11-15(10-13)28-4/h9-12,16H,5-8H2,1-4H3,(H,22,26)(H,23,24,25). The molecular formula is C21H27N3O4S. The minimum Gasteiger partial charge on any atom is -0.497 e. The van der Waals surface area contributed by atoms with Crippen molar-refractivity contribution in [1.29, 1.82) is 0 Å². The van der Waals surface area contributed by atoms with Gasteiger partial charge in [0.25, 0.3) is 5.91 Å². The van der Waals surface area contributed by atoms with Crippen molar-refractivity contribution in [2.45, 2.75) is 39.0 Å². The SMILES string of the molecule is COc1cc(OC)cc(C(=O)Nc2nc3c(s2)CCC3C(=O)NCCC(C)C)c1. The van der Waals surface area contributed by atoms with Crippen LogP contribution in [0.25, 0.3) is 0 Å². The first kappa shape index (κ1) is 21.1. The summed E-state index contributed by atoms with van der Waals surface area (Å²) in [7, 11) is 3.07. The maximum atomic E-state index is 12.7. The number of aromatic nitrogens is 1. The molecule has 29 heavy (non-hydrogen) atoms. The highest BCUT2D eigenvalue weighted by atomic mass is 32.1. The molecule has 8 heteroatoms. The number of nitrogens with zero attached hydrogens (tertiary/aromatic N) is 1. The first-order valence-electron chi connectivity index (χ1n) is 9.73. The second kappa shape index (κ2) is 9.26. The van der Waals surface area contributed by atoms with Gasteiger partial charge in [0.1, 0.15) is 11.5 Å². The summed E-state index contributed by atoms with van der Waals surface area (Å²) in [6.07, 6.45) is 2.52. The van der Waals surface area contributed by atoms with Gasteiger partial charge in [-0.05, 0) is 37.3 Å². The van der Waals surface area contributed by atoms with Gasteiger partial charge in [-0.2, -0.15) is 0 Å². The largest absolute Gasteiger partial charge is 0.497 e. The molecule has 2 N–H and O–H groups in total. The van der Waals surface area contributed by atoms with Crippen molar-refractivity contribution < 1.29 is 19.1 Å². The third-order valence-electron chi connectivity index (χ3n) is 4.89. The van der Waals surface area contributed by atoms with Gasteiger partial charge in [-0.1, -0.05) is 13.8 Å². The molecule has 1 aromatic heterocycles. The van der Waals surface area contributed by atoms with Crippen LogP contribution in [0.15, 0.2) is 18.2 Å². The van der Waals surface area contributed by atoms with Gasteiger partial charge in [0, 0.05) is 23.1 Å². The van der Waals surface area contributed by atoms with E-state index in [2.05, 4.69) is 29.5 Å². The molecule has 0 spiro atoms. The van der Waals surface area contributed by atoms with Crippen molar-refractivity contribution in [2.75, 3.05) is 26.1 Å². The van der Waals surface area contributed by atoms with Gasteiger partial charge >= 0.3 is 0 Å². The Morgan fingerprint density at radius 3 is 2.52 bits per heavy atom. The molecule has 0 radical (unpaired) electrons. The van der Waals surface area contributed by atoms with E-state index in [1.165, 1.54) is 25.6 Å². The lowest BCUT2D eigenvalue weighted by molar-refractivity contribution is -0.122. The molecule has 1 atom stereocenters. The number of hydrogen-bond donors (Lipinski definition) is 2. The average molecular weight is 418 g/mol. The van der Waals surface area contributed by atoms with Gasteiger partial charge < -0.3 is 14.8 Å². The van der Waals surface area contributed by atoms with Crippen molar-refractivity contribution >= 4 is 28.3 Å². The highest BCUT2D eigenvalue weighted by Crippen LogP contribution is 2.38. The zero-order chi connectivity index (χ0) is 21.0. The molecule has 0 fully saturated rings. The highest BCUT2D eigenvalue weighted by molar-refractivity contribution is 7.16. The third kappa shape index (κ3) is 5.06. The Hall–Kier alpha value is -2.61. The minimum absolute atomic E-state index is 0.0186. The van der Waals surface area contributed by atoms with Crippen LogP contribution >= 0.6 is 11.3 Å². The van der Waals surface area contributed by atoms with Crippen LogP contribution in [0.3, 0.4) is 0 Å². The van der Waals surface area contributed by atoms with Crippen LogP contribution < -0.4 is 20.1 Å². The molecule has 1 unspecified atom stereocenters. The van der Waals surface area contributed by atoms with E-state index in [1.54, 1.807) is 18.2 Å². The Morgan fingerprint density at radius 2 is 1.90 bits per heavy atom. The Kier molecular flexibility index (Phi) is 6.74. The summed E-state index contributed by atoms with van der Waals surface area (Å²) in [5.41, 5.74) is 1.20. The van der Waals surface area contributed by atoms with Crippen LogP contribution in [0, 0.1) is 5.92 Å². The Balaban J connectivity index is 1.68. The topological polar surface area (TPSA) is 89.6 Å². The molecule has 0 saturated heterocycles. The summed E-state index contributed by atoms with van der Waals surface area (Å²) in [6.45, 7) is 4.94. The molecular weight excluding hydrogens is 390 g/mol. The molecule has 2 amide bonds. The van der Waals surface area contributed by atoms with Gasteiger partial charge in [-0.3, -0.25) is 14.9 Å². The smallest absolute Gasteiger partial charge is 0.257 e. The fourth-order valence-electron chi connectivity index (χ4n) is 3.25. The van der Waals surface area contributed by atoms with E-state index < -0.39 is 0 Å². The number of hydrogen-bond acceptors (Lipinski definition) is 6. The number of methoxy groups -OCH3 is 2. The number of anilines is 1. The van der Waals surface area contributed by atoms with Crippen LogP contribution in [0.1, 0.15) is 53.5 Å². The highest BCUT2D eigenvalue weighted by Gasteiger charge is 2.32. The summed E-state index contributed by atoms with van der Waals surface area (Å²) in [4.78, 5) is 30.8. The fourth-order valence-corrected chi connectivity index (χ4v) is 4.28. The number of amides is 2. The number of thiazole rings is 1. The van der Waals surface area contributed by atoms with Gasteiger partial charge in [0.05, 0.1) is 25.8 Å². The molecule has 7 nitrogen and oxygen atoms in total. The van der Waals surface area contributed by atoms with Crippen molar-refractivity contribution in [2.24, 2.45) is 5.92 Å². The maximum absolute atomic E-state index is 12.7. The van der Waals surface area contributed by atoms with E-state index in [9.17, 15) is 9.59 Å². The monoisotopic (exact) mass is 417 g/mol. The molecule has 2 aromatic rings. The van der Waals surface area contributed by atoms with Crippen LogP contribution in [-0.4, -0.2) is 37.6 Å². The van der Waals surface area contributed by atoms with E-state index in [0.717, 1.165) is 29.8 Å².